The summed E-state index contributed by atoms with van der Waals surface area (Å²) < 4.78 is 40.2. The van der Waals surface area contributed by atoms with Crippen molar-refractivity contribution in [2.24, 2.45) is 10.7 Å². The molecule has 0 bridgehead atoms. The quantitative estimate of drug-likeness (QED) is 0.746. The van der Waals surface area contributed by atoms with E-state index in [1.807, 2.05) is 0 Å². The van der Waals surface area contributed by atoms with Gasteiger partial charge in [0.05, 0.1) is 6.61 Å². The highest BCUT2D eigenvalue weighted by Gasteiger charge is 2.41. The average Bonchev–Trinajstić information content (AvgIpc) is 2.31. The van der Waals surface area contributed by atoms with Crippen LogP contribution in [0.4, 0.5) is 13.2 Å². The van der Waals surface area contributed by atoms with E-state index < -0.39 is 12.2 Å². The highest BCUT2D eigenvalue weighted by Crippen LogP contribution is 2.26. The molecule has 2 rings (SSSR count). The standard InChI is InChI=1S/C5H7F3N2O.C4H4N2/c6-5(7,8)3-1-2-11-4(9)10-3;1-2-5-4-6-3-1/h3H,1-2H2,(H2,9,10);1-4H. The Morgan fingerprint density at radius 1 is 1.29 bits per heavy atom. The van der Waals surface area contributed by atoms with Crippen molar-refractivity contribution in [3.63, 3.8) is 0 Å². The topological polar surface area (TPSA) is 73.4 Å². The molecule has 0 aliphatic carbocycles. The van der Waals surface area contributed by atoms with E-state index in [1.54, 1.807) is 18.5 Å². The van der Waals surface area contributed by atoms with E-state index in [-0.39, 0.29) is 19.0 Å². The van der Waals surface area contributed by atoms with Gasteiger partial charge in [-0.15, -0.1) is 0 Å². The Morgan fingerprint density at radius 2 is 1.94 bits per heavy atom. The van der Waals surface area contributed by atoms with Gasteiger partial charge in [0.25, 0.3) is 6.02 Å². The first kappa shape index (κ1) is 13.2. The summed E-state index contributed by atoms with van der Waals surface area (Å²) in [7, 11) is 0. The molecule has 0 aromatic carbocycles. The maximum atomic E-state index is 11.9. The monoisotopic (exact) mass is 248 g/mol. The van der Waals surface area contributed by atoms with E-state index in [9.17, 15) is 13.2 Å². The SMILES string of the molecule is NC1=NC(C(F)(F)F)CCO1.c1cncnc1. The molecule has 0 saturated heterocycles. The molecule has 0 fully saturated rings. The largest absolute Gasteiger partial charge is 0.465 e. The van der Waals surface area contributed by atoms with Crippen LogP contribution in [0, 0.1) is 0 Å². The van der Waals surface area contributed by atoms with Crippen LogP contribution in [-0.4, -0.2) is 34.8 Å². The second-order valence-corrected chi connectivity index (χ2v) is 3.07. The molecule has 2 N–H and O–H groups in total. The zero-order valence-corrected chi connectivity index (χ0v) is 8.76. The zero-order chi connectivity index (χ0) is 12.7. The molecule has 1 unspecified atom stereocenters. The Hall–Kier alpha value is -1.86. The number of aromatic nitrogens is 2. The van der Waals surface area contributed by atoms with Gasteiger partial charge in [-0.1, -0.05) is 0 Å². The van der Waals surface area contributed by atoms with Gasteiger partial charge in [-0.2, -0.15) is 13.2 Å². The van der Waals surface area contributed by atoms with Crippen LogP contribution < -0.4 is 5.73 Å². The van der Waals surface area contributed by atoms with Crippen molar-refractivity contribution in [2.45, 2.75) is 18.6 Å². The van der Waals surface area contributed by atoms with Gasteiger partial charge in [0.1, 0.15) is 6.33 Å². The lowest BCUT2D eigenvalue weighted by molar-refractivity contribution is -0.152. The number of nitrogens with zero attached hydrogens (tertiary/aromatic N) is 3. The summed E-state index contributed by atoms with van der Waals surface area (Å²) >= 11 is 0. The number of halogens is 3. The van der Waals surface area contributed by atoms with E-state index in [1.165, 1.54) is 6.33 Å². The minimum Gasteiger partial charge on any atom is -0.465 e. The molecule has 1 aliphatic rings. The highest BCUT2D eigenvalue weighted by molar-refractivity contribution is 5.72. The second-order valence-electron chi connectivity index (χ2n) is 3.07. The van der Waals surface area contributed by atoms with Crippen LogP contribution in [-0.2, 0) is 4.74 Å². The fraction of sp³-hybridized carbons (Fsp3) is 0.444. The van der Waals surface area contributed by atoms with Gasteiger partial charge in [0.15, 0.2) is 6.04 Å². The highest BCUT2D eigenvalue weighted by atomic mass is 19.4. The zero-order valence-electron chi connectivity index (χ0n) is 8.76. The van der Waals surface area contributed by atoms with E-state index in [0.717, 1.165) is 0 Å². The van der Waals surface area contributed by atoms with Crippen LogP contribution in [0.3, 0.4) is 0 Å². The minimum absolute atomic E-state index is 0.0144. The molecule has 94 valence electrons. The van der Waals surface area contributed by atoms with Gasteiger partial charge in [-0.05, 0) is 6.07 Å². The first-order valence-electron chi connectivity index (χ1n) is 4.73. The maximum absolute atomic E-state index is 11.9. The van der Waals surface area contributed by atoms with Gasteiger partial charge in [0.2, 0.25) is 0 Å². The molecular formula is C9H11F3N4O. The summed E-state index contributed by atoms with van der Waals surface area (Å²) in [6, 6.07) is -0.283. The molecule has 0 saturated carbocycles. The predicted octanol–water partition coefficient (Wildman–Crippen LogP) is 1.13. The summed E-state index contributed by atoms with van der Waals surface area (Å²) in [6.45, 7) is -0.0144. The van der Waals surface area contributed by atoms with Crippen molar-refractivity contribution in [3.8, 4) is 0 Å². The van der Waals surface area contributed by atoms with Crippen molar-refractivity contribution < 1.29 is 17.9 Å². The molecule has 17 heavy (non-hydrogen) atoms. The summed E-state index contributed by atoms with van der Waals surface area (Å²) in [5, 5.41) is 0. The predicted molar refractivity (Wildman–Crippen MR) is 54.1 cm³/mol. The van der Waals surface area contributed by atoms with Crippen LogP contribution in [0.5, 0.6) is 0 Å². The van der Waals surface area contributed by atoms with Gasteiger partial charge in [-0.25, -0.2) is 15.0 Å². The van der Waals surface area contributed by atoms with Crippen LogP contribution in [0.2, 0.25) is 0 Å². The lowest BCUT2D eigenvalue weighted by Gasteiger charge is -2.20. The first-order chi connectivity index (χ1) is 8.00. The summed E-state index contributed by atoms with van der Waals surface area (Å²) in [5.41, 5.74) is 4.95. The molecule has 0 radical (unpaired) electrons. The number of aliphatic imine (C=N–C) groups is 1. The lowest BCUT2D eigenvalue weighted by Crippen LogP contribution is -2.36. The van der Waals surface area contributed by atoms with Crippen molar-refractivity contribution in [1.29, 1.82) is 0 Å². The Labute approximate surface area is 95.5 Å². The Morgan fingerprint density at radius 3 is 2.24 bits per heavy atom. The Balaban J connectivity index is 0.000000202. The molecule has 1 aliphatic heterocycles. The summed E-state index contributed by atoms with van der Waals surface area (Å²) in [5.74, 6) is 0. The third-order valence-electron chi connectivity index (χ3n) is 1.78. The van der Waals surface area contributed by atoms with Gasteiger partial charge in [-0.3, -0.25) is 0 Å². The normalized spacial score (nSPS) is 19.5. The fourth-order valence-corrected chi connectivity index (χ4v) is 1.02. The molecule has 1 aromatic rings. The number of nitrogens with two attached hydrogens (primary N) is 1. The van der Waals surface area contributed by atoms with E-state index in [2.05, 4.69) is 19.7 Å². The molecule has 1 atom stereocenters. The second kappa shape index (κ2) is 6.02. The van der Waals surface area contributed by atoms with Gasteiger partial charge < -0.3 is 10.5 Å². The van der Waals surface area contributed by atoms with E-state index >= 15 is 0 Å². The fourth-order valence-electron chi connectivity index (χ4n) is 1.02. The van der Waals surface area contributed by atoms with Crippen LogP contribution in [0.15, 0.2) is 29.8 Å². The number of rotatable bonds is 0. The van der Waals surface area contributed by atoms with E-state index in [4.69, 9.17) is 5.73 Å². The lowest BCUT2D eigenvalue weighted by atomic mass is 10.2. The van der Waals surface area contributed by atoms with E-state index in [0.29, 0.717) is 0 Å². The van der Waals surface area contributed by atoms with Crippen molar-refractivity contribution in [2.75, 3.05) is 6.61 Å². The Bertz CT molecular complexity index is 328. The number of hydrogen-bond donors (Lipinski definition) is 1. The van der Waals surface area contributed by atoms with Crippen molar-refractivity contribution in [1.82, 2.24) is 9.97 Å². The van der Waals surface area contributed by atoms with Crippen LogP contribution >= 0.6 is 0 Å². The van der Waals surface area contributed by atoms with Crippen LogP contribution in [0.25, 0.3) is 0 Å². The number of amidine groups is 1. The summed E-state index contributed by atoms with van der Waals surface area (Å²) in [4.78, 5) is 10.4. The molecule has 5 nitrogen and oxygen atoms in total. The molecule has 8 heteroatoms. The maximum Gasteiger partial charge on any atom is 0.411 e. The third-order valence-corrected chi connectivity index (χ3v) is 1.78. The molecule has 2 heterocycles. The number of hydrogen-bond acceptors (Lipinski definition) is 5. The minimum atomic E-state index is -4.30. The summed E-state index contributed by atoms with van der Waals surface area (Å²) in [6.07, 6.45) is 0.429. The van der Waals surface area contributed by atoms with Crippen molar-refractivity contribution >= 4 is 6.02 Å². The first-order valence-corrected chi connectivity index (χ1v) is 4.73. The van der Waals surface area contributed by atoms with Crippen LogP contribution in [0.1, 0.15) is 6.42 Å². The average molecular weight is 248 g/mol. The number of ether oxygens (including phenoxy) is 1. The molecule has 0 spiro atoms. The smallest absolute Gasteiger partial charge is 0.411 e. The Kier molecular flexibility index (Phi) is 4.68. The third kappa shape index (κ3) is 5.14. The molecule has 0 amide bonds. The molecular weight excluding hydrogens is 237 g/mol. The number of alkyl halides is 3. The molecule has 1 aromatic heterocycles. The van der Waals surface area contributed by atoms with Gasteiger partial charge in [0, 0.05) is 18.8 Å². The van der Waals surface area contributed by atoms with Crippen molar-refractivity contribution in [3.05, 3.63) is 24.8 Å². The van der Waals surface area contributed by atoms with Gasteiger partial charge >= 0.3 is 6.18 Å².